The molecular formula is C20H21N3O2. The predicted octanol–water partition coefficient (Wildman–Crippen LogP) is 3.07. The Morgan fingerprint density at radius 2 is 2.12 bits per heavy atom. The van der Waals surface area contributed by atoms with Crippen LogP contribution in [0.25, 0.3) is 5.65 Å². The highest BCUT2D eigenvalue weighted by molar-refractivity contribution is 5.83. The number of para-hydroxylation sites is 1. The smallest absolute Gasteiger partial charge is 0.224 e. The molecule has 1 fully saturated rings. The zero-order valence-electron chi connectivity index (χ0n) is 14.4. The van der Waals surface area contributed by atoms with E-state index < -0.39 is 0 Å². The van der Waals surface area contributed by atoms with Gasteiger partial charge < -0.3 is 14.5 Å². The molecule has 0 bridgehead atoms. The molecule has 128 valence electrons. The minimum atomic E-state index is 0.0232. The second kappa shape index (κ2) is 6.24. The van der Waals surface area contributed by atoms with Crippen LogP contribution in [0.4, 0.5) is 0 Å². The molecule has 2 unspecified atom stereocenters. The third kappa shape index (κ3) is 2.97. The minimum Gasteiger partial charge on any atom is -0.496 e. The van der Waals surface area contributed by atoms with Crippen molar-refractivity contribution in [2.24, 2.45) is 5.92 Å². The van der Waals surface area contributed by atoms with Crippen LogP contribution >= 0.6 is 0 Å². The van der Waals surface area contributed by atoms with E-state index in [0.29, 0.717) is 6.54 Å². The summed E-state index contributed by atoms with van der Waals surface area (Å²) in [5, 5.41) is 3.02. The number of rotatable bonds is 5. The number of fused-ring (bicyclic) bond motifs is 1. The van der Waals surface area contributed by atoms with Crippen LogP contribution in [0.5, 0.6) is 5.75 Å². The Hall–Kier alpha value is -2.82. The number of benzene rings is 1. The Labute approximate surface area is 146 Å². The zero-order chi connectivity index (χ0) is 17.4. The Balaban J connectivity index is 1.40. The zero-order valence-corrected chi connectivity index (χ0v) is 14.4. The first-order valence-corrected chi connectivity index (χ1v) is 8.51. The van der Waals surface area contributed by atoms with E-state index in [0.717, 1.165) is 34.8 Å². The molecule has 2 aromatic heterocycles. The lowest BCUT2D eigenvalue weighted by Crippen LogP contribution is -2.25. The van der Waals surface area contributed by atoms with E-state index in [1.165, 1.54) is 0 Å². The van der Waals surface area contributed by atoms with Crippen LogP contribution in [0.1, 0.15) is 29.3 Å². The van der Waals surface area contributed by atoms with Crippen LogP contribution in [-0.4, -0.2) is 22.4 Å². The summed E-state index contributed by atoms with van der Waals surface area (Å²) in [4.78, 5) is 17.0. The van der Waals surface area contributed by atoms with E-state index in [9.17, 15) is 4.79 Å². The van der Waals surface area contributed by atoms with Crippen molar-refractivity contribution in [3.63, 3.8) is 0 Å². The fourth-order valence-corrected chi connectivity index (χ4v) is 3.39. The molecule has 5 heteroatoms. The van der Waals surface area contributed by atoms with Crippen molar-refractivity contribution in [3.8, 4) is 5.75 Å². The standard InChI is InChI=1S/C20H21N3O2/c1-13-6-5-9-19-22-14(12-23(13)19)11-21-20(24)17-10-16(17)15-7-3-4-8-18(15)25-2/h3-9,12,16-17H,10-11H2,1-2H3,(H,21,24). The number of methoxy groups -OCH3 is 1. The average molecular weight is 335 g/mol. The van der Waals surface area contributed by atoms with E-state index in [2.05, 4.69) is 10.3 Å². The summed E-state index contributed by atoms with van der Waals surface area (Å²) in [7, 11) is 1.67. The summed E-state index contributed by atoms with van der Waals surface area (Å²) in [5.41, 5.74) is 4.02. The predicted molar refractivity (Wildman–Crippen MR) is 95.6 cm³/mol. The maximum absolute atomic E-state index is 12.5. The summed E-state index contributed by atoms with van der Waals surface area (Å²) in [6, 6.07) is 13.9. The van der Waals surface area contributed by atoms with Gasteiger partial charge in [0.15, 0.2) is 0 Å². The monoisotopic (exact) mass is 335 g/mol. The summed E-state index contributed by atoms with van der Waals surface area (Å²) in [6.07, 6.45) is 2.85. The second-order valence-corrected chi connectivity index (χ2v) is 6.54. The molecule has 4 rings (SSSR count). The van der Waals surface area contributed by atoms with Crippen LogP contribution < -0.4 is 10.1 Å². The molecule has 2 heterocycles. The summed E-state index contributed by atoms with van der Waals surface area (Å²) in [5.74, 6) is 1.22. The quantitative estimate of drug-likeness (QED) is 0.779. The number of hydrogen-bond donors (Lipinski definition) is 1. The Morgan fingerprint density at radius 1 is 1.28 bits per heavy atom. The molecule has 2 atom stereocenters. The maximum atomic E-state index is 12.5. The molecule has 1 aliphatic rings. The van der Waals surface area contributed by atoms with Crippen LogP contribution in [0, 0.1) is 12.8 Å². The van der Waals surface area contributed by atoms with Gasteiger partial charge in [0.25, 0.3) is 0 Å². The number of amides is 1. The molecule has 1 N–H and O–H groups in total. The lowest BCUT2D eigenvalue weighted by molar-refractivity contribution is -0.122. The molecule has 1 aliphatic carbocycles. The van der Waals surface area contributed by atoms with Crippen molar-refractivity contribution >= 4 is 11.6 Å². The van der Waals surface area contributed by atoms with Gasteiger partial charge in [-0.2, -0.15) is 0 Å². The van der Waals surface area contributed by atoms with Gasteiger partial charge in [-0.1, -0.05) is 24.3 Å². The first-order chi connectivity index (χ1) is 12.2. The molecule has 1 saturated carbocycles. The van der Waals surface area contributed by atoms with Crippen molar-refractivity contribution in [3.05, 3.63) is 65.6 Å². The number of imidazole rings is 1. The number of aryl methyl sites for hydroxylation is 1. The second-order valence-electron chi connectivity index (χ2n) is 6.54. The number of nitrogens with one attached hydrogen (secondary N) is 1. The van der Waals surface area contributed by atoms with Gasteiger partial charge in [-0.3, -0.25) is 4.79 Å². The average Bonchev–Trinajstić information content (AvgIpc) is 3.32. The fraction of sp³-hybridized carbons (Fsp3) is 0.300. The summed E-state index contributed by atoms with van der Waals surface area (Å²) in [6.45, 7) is 2.49. The highest BCUT2D eigenvalue weighted by Crippen LogP contribution is 2.50. The normalized spacial score (nSPS) is 19.0. The van der Waals surface area contributed by atoms with Crippen LogP contribution in [0.15, 0.2) is 48.7 Å². The maximum Gasteiger partial charge on any atom is 0.224 e. The van der Waals surface area contributed by atoms with Gasteiger partial charge in [0, 0.05) is 17.8 Å². The highest BCUT2D eigenvalue weighted by Gasteiger charge is 2.45. The lowest BCUT2D eigenvalue weighted by Gasteiger charge is -2.07. The number of carbonyl (C=O) groups is 1. The SMILES string of the molecule is COc1ccccc1C1CC1C(=O)NCc1cn2c(C)cccc2n1. The molecule has 0 aliphatic heterocycles. The molecule has 1 amide bonds. The van der Waals surface area contributed by atoms with Crippen molar-refractivity contribution in [1.82, 2.24) is 14.7 Å². The first kappa shape index (κ1) is 15.7. The van der Waals surface area contributed by atoms with E-state index in [1.807, 2.05) is 60.0 Å². The van der Waals surface area contributed by atoms with Gasteiger partial charge in [0.1, 0.15) is 11.4 Å². The van der Waals surface area contributed by atoms with Crippen LogP contribution in [-0.2, 0) is 11.3 Å². The van der Waals surface area contributed by atoms with Gasteiger partial charge >= 0.3 is 0 Å². The Morgan fingerprint density at radius 3 is 2.92 bits per heavy atom. The number of carbonyl (C=O) groups excluding carboxylic acids is 1. The molecule has 1 aromatic carbocycles. The molecule has 0 saturated heterocycles. The topological polar surface area (TPSA) is 55.6 Å². The third-order valence-electron chi connectivity index (χ3n) is 4.86. The van der Waals surface area contributed by atoms with Gasteiger partial charge in [0.2, 0.25) is 5.91 Å². The van der Waals surface area contributed by atoms with E-state index >= 15 is 0 Å². The Kier molecular flexibility index (Phi) is 3.92. The highest BCUT2D eigenvalue weighted by atomic mass is 16.5. The van der Waals surface area contributed by atoms with E-state index in [4.69, 9.17) is 4.74 Å². The Bertz CT molecular complexity index is 932. The number of pyridine rings is 1. The fourth-order valence-electron chi connectivity index (χ4n) is 3.39. The summed E-state index contributed by atoms with van der Waals surface area (Å²) >= 11 is 0. The van der Waals surface area contributed by atoms with E-state index in [1.54, 1.807) is 7.11 Å². The molecular weight excluding hydrogens is 314 g/mol. The molecule has 5 nitrogen and oxygen atoms in total. The summed E-state index contributed by atoms with van der Waals surface area (Å²) < 4.78 is 7.44. The van der Waals surface area contributed by atoms with Gasteiger partial charge in [-0.15, -0.1) is 0 Å². The first-order valence-electron chi connectivity index (χ1n) is 8.51. The van der Waals surface area contributed by atoms with Crippen molar-refractivity contribution < 1.29 is 9.53 Å². The molecule has 3 aromatic rings. The molecule has 25 heavy (non-hydrogen) atoms. The number of hydrogen-bond acceptors (Lipinski definition) is 3. The largest absolute Gasteiger partial charge is 0.496 e. The number of nitrogens with zero attached hydrogens (tertiary/aromatic N) is 2. The van der Waals surface area contributed by atoms with E-state index in [-0.39, 0.29) is 17.7 Å². The number of aromatic nitrogens is 2. The van der Waals surface area contributed by atoms with Crippen molar-refractivity contribution in [2.75, 3.05) is 7.11 Å². The molecule has 0 radical (unpaired) electrons. The van der Waals surface area contributed by atoms with Gasteiger partial charge in [0.05, 0.1) is 19.3 Å². The van der Waals surface area contributed by atoms with Gasteiger partial charge in [-0.05, 0) is 43.0 Å². The van der Waals surface area contributed by atoms with Crippen molar-refractivity contribution in [1.29, 1.82) is 0 Å². The van der Waals surface area contributed by atoms with Crippen LogP contribution in [0.2, 0.25) is 0 Å². The number of ether oxygens (including phenoxy) is 1. The van der Waals surface area contributed by atoms with Crippen molar-refractivity contribution in [2.45, 2.75) is 25.8 Å². The van der Waals surface area contributed by atoms with Crippen LogP contribution in [0.3, 0.4) is 0 Å². The lowest BCUT2D eigenvalue weighted by atomic mass is 10.1. The van der Waals surface area contributed by atoms with Gasteiger partial charge in [-0.25, -0.2) is 4.98 Å². The third-order valence-corrected chi connectivity index (χ3v) is 4.86. The minimum absolute atomic E-state index is 0.0232. The molecule has 0 spiro atoms.